The Bertz CT molecular complexity index is 602. The molecule has 21 heavy (non-hydrogen) atoms. The highest BCUT2D eigenvalue weighted by molar-refractivity contribution is 8.55. The highest BCUT2D eigenvalue weighted by Crippen LogP contribution is 2.61. The van der Waals surface area contributed by atoms with Crippen molar-refractivity contribution in [3.63, 3.8) is 0 Å². The molecule has 0 saturated heterocycles. The normalized spacial score (nSPS) is 14.4. The summed E-state index contributed by atoms with van der Waals surface area (Å²) in [6, 6.07) is 6.14. The average molecular weight is 354 g/mol. The molecule has 0 aliphatic carbocycles. The number of hydrogen-bond donors (Lipinski definition) is 0. The van der Waals surface area contributed by atoms with Gasteiger partial charge in [0.15, 0.2) is 11.5 Å². The molecule has 1 unspecified atom stereocenters. The van der Waals surface area contributed by atoms with Gasteiger partial charge in [-0.25, -0.2) is 4.57 Å². The summed E-state index contributed by atoms with van der Waals surface area (Å²) in [5, 5.41) is 0. The Balaban J connectivity index is 3.01. The van der Waals surface area contributed by atoms with Crippen LogP contribution in [0.3, 0.4) is 0 Å². The van der Waals surface area contributed by atoms with Crippen LogP contribution in [-0.2, 0) is 19.2 Å². The number of para-hydroxylation sites is 2. The van der Waals surface area contributed by atoms with Crippen molar-refractivity contribution in [2.75, 3.05) is 18.6 Å². The van der Waals surface area contributed by atoms with Gasteiger partial charge in [-0.15, -0.1) is 0 Å². The van der Waals surface area contributed by atoms with Crippen LogP contribution < -0.4 is 8.71 Å². The fourth-order valence-corrected chi connectivity index (χ4v) is 5.24. The highest BCUT2D eigenvalue weighted by Gasteiger charge is 2.28. The topological polar surface area (TPSA) is 78.9 Å². The lowest BCUT2D eigenvalue weighted by atomic mass is 10.3. The Hall–Kier alpha value is -0.690. The lowest BCUT2D eigenvalue weighted by molar-refractivity contribution is 0.294. The van der Waals surface area contributed by atoms with Gasteiger partial charge in [0.05, 0.1) is 12.9 Å². The molecule has 0 heterocycles. The predicted octanol–water partition coefficient (Wildman–Crippen LogP) is 3.69. The Labute approximate surface area is 129 Å². The molecule has 0 amide bonds. The average Bonchev–Trinajstić information content (AvgIpc) is 2.37. The third-order valence-electron chi connectivity index (χ3n) is 2.04. The van der Waals surface area contributed by atoms with Crippen molar-refractivity contribution in [3.8, 4) is 11.5 Å². The molecule has 0 saturated carbocycles. The zero-order chi connectivity index (χ0) is 15.9. The fourth-order valence-electron chi connectivity index (χ4n) is 1.33. The molecule has 6 nitrogen and oxygen atoms in total. The lowest BCUT2D eigenvalue weighted by Crippen LogP contribution is -2.07. The summed E-state index contributed by atoms with van der Waals surface area (Å²) in [6.07, 6.45) is 1.74. The number of rotatable bonds is 9. The van der Waals surface area contributed by atoms with Gasteiger partial charge in [-0.3, -0.25) is 4.52 Å². The zero-order valence-corrected chi connectivity index (χ0v) is 14.7. The highest BCUT2D eigenvalue weighted by atomic mass is 32.7. The molecule has 0 bridgehead atoms. The summed E-state index contributed by atoms with van der Waals surface area (Å²) in [5.74, 6) is 0.659. The van der Waals surface area contributed by atoms with Gasteiger partial charge in [-0.1, -0.05) is 19.1 Å². The van der Waals surface area contributed by atoms with Gasteiger partial charge in [0, 0.05) is 5.75 Å². The Kier molecular flexibility index (Phi) is 7.06. The summed E-state index contributed by atoms with van der Waals surface area (Å²) in [6.45, 7) is 0.475. The van der Waals surface area contributed by atoms with Gasteiger partial charge >= 0.3 is 16.9 Å². The first-order valence-electron chi connectivity index (χ1n) is 6.37. The molecule has 0 aliphatic rings. The summed E-state index contributed by atoms with van der Waals surface area (Å²) in [5.41, 5.74) is 0. The van der Waals surface area contributed by atoms with Crippen LogP contribution in [0.5, 0.6) is 11.5 Å². The van der Waals surface area contributed by atoms with Crippen molar-refractivity contribution in [2.45, 2.75) is 20.3 Å². The monoisotopic (exact) mass is 354 g/mol. The van der Waals surface area contributed by atoms with Gasteiger partial charge in [0.2, 0.25) is 0 Å². The summed E-state index contributed by atoms with van der Waals surface area (Å²) in [7, 11) is -3.70. The summed E-state index contributed by atoms with van der Waals surface area (Å²) in [4.78, 5) is 0. The quantitative estimate of drug-likeness (QED) is 0.494. The third-order valence-corrected chi connectivity index (χ3v) is 6.46. The maximum absolute atomic E-state index is 12.6. The van der Waals surface area contributed by atoms with E-state index in [1.165, 1.54) is 12.1 Å². The number of hydrogen-bond acceptors (Lipinski definition) is 7. The second-order valence-electron chi connectivity index (χ2n) is 4.02. The van der Waals surface area contributed by atoms with Gasteiger partial charge < -0.3 is 8.71 Å². The van der Waals surface area contributed by atoms with Crippen LogP contribution >= 0.6 is 18.2 Å². The van der Waals surface area contributed by atoms with Crippen LogP contribution in [0.1, 0.15) is 20.3 Å². The molecule has 9 heteroatoms. The van der Waals surface area contributed by atoms with E-state index < -0.39 is 16.9 Å². The first-order valence-corrected chi connectivity index (χ1v) is 11.3. The molecular formula is C12H19O6PS2. The van der Waals surface area contributed by atoms with Crippen molar-refractivity contribution in [1.29, 1.82) is 0 Å². The van der Waals surface area contributed by atoms with Crippen molar-refractivity contribution < 1.29 is 26.2 Å². The van der Waals surface area contributed by atoms with Crippen LogP contribution in [0.4, 0.5) is 0 Å². The maximum Gasteiger partial charge on any atom is 0.440 e. The van der Waals surface area contributed by atoms with E-state index in [0.717, 1.165) is 24.1 Å². The first kappa shape index (κ1) is 18.4. The van der Waals surface area contributed by atoms with Gasteiger partial charge in [0.25, 0.3) is 0 Å². The van der Waals surface area contributed by atoms with E-state index in [4.69, 9.17) is 13.2 Å². The van der Waals surface area contributed by atoms with Crippen molar-refractivity contribution in [1.82, 2.24) is 0 Å². The van der Waals surface area contributed by atoms with Crippen molar-refractivity contribution >= 4 is 28.3 Å². The van der Waals surface area contributed by atoms with Crippen LogP contribution in [0.25, 0.3) is 0 Å². The SMILES string of the molecule is CCCSP(=O)(OCC)Oc1ccccc1OS(C)(=O)=O. The maximum atomic E-state index is 12.6. The van der Waals surface area contributed by atoms with Crippen molar-refractivity contribution in [3.05, 3.63) is 24.3 Å². The van der Waals surface area contributed by atoms with E-state index >= 15 is 0 Å². The standard InChI is InChI=1S/C12H19O6PS2/c1-4-10-20-19(13,16-5-2)17-11-8-6-7-9-12(11)18-21(3,14)15/h6-9H,4-5,10H2,1-3H3. The molecule has 0 aromatic heterocycles. The summed E-state index contributed by atoms with van der Waals surface area (Å²) < 4.78 is 50.5. The minimum Gasteiger partial charge on any atom is -0.413 e. The molecule has 1 aromatic rings. The molecule has 1 atom stereocenters. The van der Waals surface area contributed by atoms with Crippen molar-refractivity contribution in [2.24, 2.45) is 0 Å². The van der Waals surface area contributed by atoms with Crippen LogP contribution in [-0.4, -0.2) is 27.0 Å². The summed E-state index contributed by atoms with van der Waals surface area (Å²) >= 11 is 1.08. The predicted molar refractivity (Wildman–Crippen MR) is 84.5 cm³/mol. The molecule has 1 rings (SSSR count). The van der Waals surface area contributed by atoms with Gasteiger partial charge in [0.1, 0.15) is 0 Å². The van der Waals surface area contributed by atoms with Crippen LogP contribution in [0, 0.1) is 0 Å². The van der Waals surface area contributed by atoms with E-state index in [1.54, 1.807) is 19.1 Å². The fraction of sp³-hybridized carbons (Fsp3) is 0.500. The Morgan fingerprint density at radius 2 is 1.81 bits per heavy atom. The Morgan fingerprint density at radius 3 is 2.33 bits per heavy atom. The zero-order valence-electron chi connectivity index (χ0n) is 12.1. The number of benzene rings is 1. The molecule has 0 radical (unpaired) electrons. The van der Waals surface area contributed by atoms with E-state index in [2.05, 4.69) is 0 Å². The van der Waals surface area contributed by atoms with E-state index in [1.807, 2.05) is 6.92 Å². The van der Waals surface area contributed by atoms with Crippen LogP contribution in [0.2, 0.25) is 0 Å². The minimum absolute atomic E-state index is 0.0166. The van der Waals surface area contributed by atoms with Crippen LogP contribution in [0.15, 0.2) is 24.3 Å². The molecule has 1 aromatic carbocycles. The smallest absolute Gasteiger partial charge is 0.413 e. The lowest BCUT2D eigenvalue weighted by Gasteiger charge is -2.18. The molecule has 0 N–H and O–H groups in total. The molecular weight excluding hydrogens is 335 g/mol. The molecule has 0 fully saturated rings. The second-order valence-corrected chi connectivity index (χ2v) is 9.72. The molecule has 0 aliphatic heterocycles. The molecule has 120 valence electrons. The van der Waals surface area contributed by atoms with Gasteiger partial charge in [-0.05, 0) is 36.9 Å². The van der Waals surface area contributed by atoms with E-state index in [-0.39, 0.29) is 18.1 Å². The van der Waals surface area contributed by atoms with E-state index in [9.17, 15) is 13.0 Å². The molecule has 0 spiro atoms. The third kappa shape index (κ3) is 6.74. The largest absolute Gasteiger partial charge is 0.440 e. The van der Waals surface area contributed by atoms with E-state index in [0.29, 0.717) is 5.75 Å². The second kappa shape index (κ2) is 8.08. The van der Waals surface area contributed by atoms with Gasteiger partial charge in [-0.2, -0.15) is 8.42 Å². The minimum atomic E-state index is -3.70. The Morgan fingerprint density at radius 1 is 1.19 bits per heavy atom. The first-order chi connectivity index (χ1) is 9.79.